The number of nitrogens with zero attached hydrogens (tertiary/aromatic N) is 1. The molecule has 0 atom stereocenters. The van der Waals surface area contributed by atoms with Crippen molar-refractivity contribution in [1.82, 2.24) is 4.57 Å². The molecule has 0 amide bonds. The molecule has 0 radical (unpaired) electrons. The molecule has 1 nitrogen and oxygen atoms in total. The summed E-state index contributed by atoms with van der Waals surface area (Å²) in [6.45, 7) is 6.52. The van der Waals surface area contributed by atoms with Gasteiger partial charge in [-0.05, 0) is 44.5 Å². The Morgan fingerprint density at radius 2 is 1.53 bits per heavy atom. The highest BCUT2D eigenvalue weighted by molar-refractivity contribution is 6.09. The summed E-state index contributed by atoms with van der Waals surface area (Å²) in [5.74, 6) is 0. The molecule has 0 saturated carbocycles. The fourth-order valence-corrected chi connectivity index (χ4v) is 2.89. The van der Waals surface area contributed by atoms with Gasteiger partial charge in [0.2, 0.25) is 0 Å². The van der Waals surface area contributed by atoms with Crippen molar-refractivity contribution in [2.75, 3.05) is 0 Å². The van der Waals surface area contributed by atoms with Crippen LogP contribution in [-0.2, 0) is 7.05 Å². The number of benzene rings is 2. The van der Waals surface area contributed by atoms with Gasteiger partial charge in [0.25, 0.3) is 0 Å². The quantitative estimate of drug-likeness (QED) is 0.536. The van der Waals surface area contributed by atoms with E-state index in [1.807, 2.05) is 0 Å². The zero-order valence-corrected chi connectivity index (χ0v) is 10.8. The molecule has 0 aliphatic heterocycles. The third-order valence-electron chi connectivity index (χ3n) is 3.58. The summed E-state index contributed by atoms with van der Waals surface area (Å²) in [6, 6.07) is 11.2. The largest absolute Gasteiger partial charge is 0.343 e. The van der Waals surface area contributed by atoms with Crippen molar-refractivity contribution < 1.29 is 0 Å². The van der Waals surface area contributed by atoms with Crippen molar-refractivity contribution in [2.24, 2.45) is 7.05 Å². The number of aryl methyl sites for hydroxylation is 4. The van der Waals surface area contributed by atoms with Crippen LogP contribution >= 0.6 is 0 Å². The second kappa shape index (κ2) is 3.36. The summed E-state index contributed by atoms with van der Waals surface area (Å²) < 4.78 is 2.30. The van der Waals surface area contributed by atoms with Gasteiger partial charge < -0.3 is 4.57 Å². The van der Waals surface area contributed by atoms with Crippen molar-refractivity contribution in [3.8, 4) is 0 Å². The number of hydrogen-bond donors (Lipinski definition) is 0. The Morgan fingerprint density at radius 1 is 0.824 bits per heavy atom. The Hall–Kier alpha value is -1.76. The lowest BCUT2D eigenvalue weighted by atomic mass is 10.1. The molecule has 0 fully saturated rings. The van der Waals surface area contributed by atoms with Crippen LogP contribution in [0.1, 0.15) is 16.7 Å². The van der Waals surface area contributed by atoms with E-state index < -0.39 is 0 Å². The molecule has 0 unspecified atom stereocenters. The zero-order chi connectivity index (χ0) is 12.2. The molecular weight excluding hydrogens is 206 g/mol. The van der Waals surface area contributed by atoms with E-state index >= 15 is 0 Å². The van der Waals surface area contributed by atoms with Crippen LogP contribution < -0.4 is 0 Å². The number of fused-ring (bicyclic) bond motifs is 3. The summed E-state index contributed by atoms with van der Waals surface area (Å²) in [6.07, 6.45) is 0. The van der Waals surface area contributed by atoms with Gasteiger partial charge in [0.15, 0.2) is 0 Å². The SMILES string of the molecule is Cc1ccc2c(c1)c1cc(C)cc(C)c1n2C. The maximum absolute atomic E-state index is 2.30. The van der Waals surface area contributed by atoms with Crippen LogP contribution in [0.4, 0.5) is 0 Å². The molecule has 0 spiro atoms. The van der Waals surface area contributed by atoms with Crippen molar-refractivity contribution >= 4 is 21.8 Å². The van der Waals surface area contributed by atoms with Crippen LogP contribution in [0.15, 0.2) is 30.3 Å². The molecule has 86 valence electrons. The predicted octanol–water partition coefficient (Wildman–Crippen LogP) is 4.26. The van der Waals surface area contributed by atoms with Crippen LogP contribution in [-0.4, -0.2) is 4.57 Å². The van der Waals surface area contributed by atoms with Crippen LogP contribution in [0.2, 0.25) is 0 Å². The first-order valence-electron chi connectivity index (χ1n) is 6.04. The fourth-order valence-electron chi connectivity index (χ4n) is 2.89. The molecule has 17 heavy (non-hydrogen) atoms. The molecule has 3 rings (SSSR count). The third-order valence-corrected chi connectivity index (χ3v) is 3.58. The molecule has 2 aromatic carbocycles. The van der Waals surface area contributed by atoms with Crippen LogP contribution in [0.5, 0.6) is 0 Å². The minimum atomic E-state index is 1.32. The van der Waals surface area contributed by atoms with E-state index in [9.17, 15) is 0 Å². The highest BCUT2D eigenvalue weighted by Crippen LogP contribution is 2.31. The van der Waals surface area contributed by atoms with Gasteiger partial charge in [0.05, 0.1) is 5.52 Å². The van der Waals surface area contributed by atoms with Crippen molar-refractivity contribution in [1.29, 1.82) is 0 Å². The smallest absolute Gasteiger partial charge is 0.0518 e. The van der Waals surface area contributed by atoms with Gasteiger partial charge in [0.1, 0.15) is 0 Å². The minimum absolute atomic E-state index is 1.32. The Morgan fingerprint density at radius 3 is 2.29 bits per heavy atom. The van der Waals surface area contributed by atoms with Gasteiger partial charge in [-0.25, -0.2) is 0 Å². The van der Waals surface area contributed by atoms with Gasteiger partial charge in [-0.15, -0.1) is 0 Å². The lowest BCUT2D eigenvalue weighted by molar-refractivity contribution is 1.01. The Kier molecular flexibility index (Phi) is 2.06. The molecule has 0 aliphatic rings. The van der Waals surface area contributed by atoms with Crippen LogP contribution in [0, 0.1) is 20.8 Å². The topological polar surface area (TPSA) is 4.93 Å². The number of rotatable bonds is 0. The molecule has 0 aliphatic carbocycles. The molecule has 1 aromatic heterocycles. The van der Waals surface area contributed by atoms with Crippen molar-refractivity contribution in [2.45, 2.75) is 20.8 Å². The molecule has 0 saturated heterocycles. The lowest BCUT2D eigenvalue weighted by Gasteiger charge is -2.02. The molecule has 0 N–H and O–H groups in total. The Labute approximate surface area is 102 Å². The van der Waals surface area contributed by atoms with E-state index in [0.717, 1.165) is 0 Å². The first-order chi connectivity index (χ1) is 8.08. The van der Waals surface area contributed by atoms with E-state index in [-0.39, 0.29) is 0 Å². The first-order valence-corrected chi connectivity index (χ1v) is 6.04. The van der Waals surface area contributed by atoms with Crippen molar-refractivity contribution in [3.05, 3.63) is 47.0 Å². The minimum Gasteiger partial charge on any atom is -0.343 e. The second-order valence-corrected chi connectivity index (χ2v) is 5.06. The van der Waals surface area contributed by atoms with E-state index in [4.69, 9.17) is 0 Å². The highest BCUT2D eigenvalue weighted by atomic mass is 14.9. The van der Waals surface area contributed by atoms with Gasteiger partial charge in [0, 0.05) is 23.3 Å². The van der Waals surface area contributed by atoms with E-state index in [1.165, 1.54) is 38.5 Å². The Bertz CT molecular complexity index is 732. The first kappa shape index (κ1) is 10.4. The monoisotopic (exact) mass is 223 g/mol. The van der Waals surface area contributed by atoms with Crippen molar-refractivity contribution in [3.63, 3.8) is 0 Å². The third kappa shape index (κ3) is 1.39. The maximum Gasteiger partial charge on any atom is 0.0518 e. The van der Waals surface area contributed by atoms with Crippen LogP contribution in [0.3, 0.4) is 0 Å². The van der Waals surface area contributed by atoms with E-state index in [0.29, 0.717) is 0 Å². The van der Waals surface area contributed by atoms with Gasteiger partial charge in [-0.2, -0.15) is 0 Å². The molecule has 0 bridgehead atoms. The van der Waals surface area contributed by atoms with E-state index in [2.05, 4.69) is 62.7 Å². The van der Waals surface area contributed by atoms with Crippen LogP contribution in [0.25, 0.3) is 21.8 Å². The molecule has 1 heteroatoms. The molecular formula is C16H17N. The molecule has 3 aromatic rings. The molecule has 1 heterocycles. The number of hydrogen-bond acceptors (Lipinski definition) is 0. The summed E-state index contributed by atoms with van der Waals surface area (Å²) in [5, 5.41) is 2.75. The Balaban J connectivity index is 2.64. The van der Waals surface area contributed by atoms with Gasteiger partial charge in [-0.3, -0.25) is 0 Å². The summed E-state index contributed by atoms with van der Waals surface area (Å²) in [7, 11) is 2.16. The standard InChI is InChI=1S/C16H17N/c1-10-5-6-15-13(8-10)14-9-11(2)7-12(3)16(14)17(15)4/h5-9H,1-4H3. The predicted molar refractivity (Wildman–Crippen MR) is 74.6 cm³/mol. The summed E-state index contributed by atoms with van der Waals surface area (Å²) >= 11 is 0. The average molecular weight is 223 g/mol. The lowest BCUT2D eigenvalue weighted by Crippen LogP contribution is -1.89. The zero-order valence-electron chi connectivity index (χ0n) is 10.8. The summed E-state index contributed by atoms with van der Waals surface area (Å²) in [4.78, 5) is 0. The normalized spacial score (nSPS) is 11.5. The van der Waals surface area contributed by atoms with Gasteiger partial charge in [-0.1, -0.05) is 23.3 Å². The van der Waals surface area contributed by atoms with E-state index in [1.54, 1.807) is 0 Å². The fraction of sp³-hybridized carbons (Fsp3) is 0.250. The number of aromatic nitrogens is 1. The summed E-state index contributed by atoms with van der Waals surface area (Å²) in [5.41, 5.74) is 6.69. The average Bonchev–Trinajstić information content (AvgIpc) is 2.52. The second-order valence-electron chi connectivity index (χ2n) is 5.06. The maximum atomic E-state index is 2.30. The highest BCUT2D eigenvalue weighted by Gasteiger charge is 2.10. The van der Waals surface area contributed by atoms with Gasteiger partial charge >= 0.3 is 0 Å².